The van der Waals surface area contributed by atoms with Crippen molar-refractivity contribution in [1.82, 2.24) is 15.0 Å². The quantitative estimate of drug-likeness (QED) is 0.796. The van der Waals surface area contributed by atoms with Crippen molar-refractivity contribution in [3.63, 3.8) is 0 Å². The number of benzene rings is 1. The van der Waals surface area contributed by atoms with Gasteiger partial charge in [0, 0.05) is 29.6 Å². The van der Waals surface area contributed by atoms with Gasteiger partial charge in [0.25, 0.3) is 5.91 Å². The molecule has 2 fully saturated rings. The molecule has 8 heteroatoms. The van der Waals surface area contributed by atoms with Gasteiger partial charge in [-0.15, -0.1) is 0 Å². The number of carbonyl (C=O) groups excluding carboxylic acids is 1. The fraction of sp³-hybridized carbons (Fsp3) is 0.500. The number of carbonyl (C=O) groups is 1. The van der Waals surface area contributed by atoms with E-state index in [9.17, 15) is 13.2 Å². The summed E-state index contributed by atoms with van der Waals surface area (Å²) >= 11 is 0. The zero-order chi connectivity index (χ0) is 18.3. The summed E-state index contributed by atoms with van der Waals surface area (Å²) in [4.78, 5) is 18.9. The molecule has 1 saturated carbocycles. The highest BCUT2D eigenvalue weighted by molar-refractivity contribution is 7.91. The van der Waals surface area contributed by atoms with E-state index in [1.807, 2.05) is 6.92 Å². The van der Waals surface area contributed by atoms with Crippen LogP contribution in [0, 0.1) is 0 Å². The summed E-state index contributed by atoms with van der Waals surface area (Å²) in [5.41, 5.74) is 1.33. The third-order valence-electron chi connectivity index (χ3n) is 5.01. The molecule has 0 spiro atoms. The molecule has 26 heavy (non-hydrogen) atoms. The lowest BCUT2D eigenvalue weighted by Gasteiger charge is -2.27. The summed E-state index contributed by atoms with van der Waals surface area (Å²) < 4.78 is 28.7. The van der Waals surface area contributed by atoms with Crippen LogP contribution in [0.5, 0.6) is 0 Å². The highest BCUT2D eigenvalue weighted by atomic mass is 32.2. The van der Waals surface area contributed by atoms with E-state index in [0.29, 0.717) is 36.2 Å². The Bertz CT molecular complexity index is 916. The topological polar surface area (TPSA) is 93.4 Å². The van der Waals surface area contributed by atoms with E-state index in [4.69, 9.17) is 4.52 Å². The third kappa shape index (κ3) is 3.38. The predicted octanol–water partition coefficient (Wildman–Crippen LogP) is 2.26. The van der Waals surface area contributed by atoms with Crippen LogP contribution in [-0.2, 0) is 9.84 Å². The van der Waals surface area contributed by atoms with Gasteiger partial charge in [0.05, 0.1) is 11.5 Å². The van der Waals surface area contributed by atoms with E-state index in [2.05, 4.69) is 10.1 Å². The zero-order valence-electron chi connectivity index (χ0n) is 14.6. The second kappa shape index (κ2) is 6.50. The molecule has 1 amide bonds. The first-order chi connectivity index (χ1) is 12.5. The molecule has 1 atom stereocenters. The summed E-state index contributed by atoms with van der Waals surface area (Å²) in [7, 11) is -3.03. The second-order valence-electron chi connectivity index (χ2n) is 6.96. The second-order valence-corrected chi connectivity index (χ2v) is 9.18. The summed E-state index contributed by atoms with van der Waals surface area (Å²) in [6.07, 6.45) is 2.70. The number of hydrogen-bond acceptors (Lipinski definition) is 6. The SMILES string of the molecule is CCN(C(=O)c1ccc(-c2noc(C3CC3)n2)cc1)C1CCS(=O)(=O)C1. The first-order valence-corrected chi connectivity index (χ1v) is 10.7. The number of sulfone groups is 1. The lowest BCUT2D eigenvalue weighted by Crippen LogP contribution is -2.40. The van der Waals surface area contributed by atoms with Crippen LogP contribution in [0.3, 0.4) is 0 Å². The molecule has 0 N–H and O–H groups in total. The molecule has 4 rings (SSSR count). The first-order valence-electron chi connectivity index (χ1n) is 8.92. The van der Waals surface area contributed by atoms with Crippen molar-refractivity contribution in [2.24, 2.45) is 0 Å². The molecule has 2 aliphatic rings. The van der Waals surface area contributed by atoms with E-state index in [0.717, 1.165) is 18.4 Å². The van der Waals surface area contributed by atoms with E-state index >= 15 is 0 Å². The Kier molecular flexibility index (Phi) is 4.30. The van der Waals surface area contributed by atoms with Crippen molar-refractivity contribution in [2.45, 2.75) is 38.1 Å². The van der Waals surface area contributed by atoms with Gasteiger partial charge in [0.2, 0.25) is 11.7 Å². The van der Waals surface area contributed by atoms with Gasteiger partial charge in [-0.25, -0.2) is 8.42 Å². The molecule has 1 saturated heterocycles. The fourth-order valence-corrected chi connectivity index (χ4v) is 5.10. The van der Waals surface area contributed by atoms with Crippen LogP contribution in [0.2, 0.25) is 0 Å². The first kappa shape index (κ1) is 17.2. The molecular weight excluding hydrogens is 354 g/mol. The zero-order valence-corrected chi connectivity index (χ0v) is 15.4. The van der Waals surface area contributed by atoms with Crippen LogP contribution in [0.4, 0.5) is 0 Å². The van der Waals surface area contributed by atoms with Crippen molar-refractivity contribution in [2.75, 3.05) is 18.1 Å². The number of aromatic nitrogens is 2. The van der Waals surface area contributed by atoms with Crippen molar-refractivity contribution in [3.8, 4) is 11.4 Å². The molecule has 1 aromatic heterocycles. The summed E-state index contributed by atoms with van der Waals surface area (Å²) in [5.74, 6) is 1.67. The number of rotatable bonds is 5. The highest BCUT2D eigenvalue weighted by Gasteiger charge is 2.34. The summed E-state index contributed by atoms with van der Waals surface area (Å²) in [6.45, 7) is 2.35. The highest BCUT2D eigenvalue weighted by Crippen LogP contribution is 2.39. The lowest BCUT2D eigenvalue weighted by molar-refractivity contribution is 0.0708. The maximum atomic E-state index is 12.8. The minimum Gasteiger partial charge on any atom is -0.339 e. The van der Waals surface area contributed by atoms with Crippen LogP contribution < -0.4 is 0 Å². The largest absolute Gasteiger partial charge is 0.339 e. The van der Waals surface area contributed by atoms with Gasteiger partial charge in [0.15, 0.2) is 9.84 Å². The predicted molar refractivity (Wildman–Crippen MR) is 95.5 cm³/mol. The monoisotopic (exact) mass is 375 g/mol. The average Bonchev–Trinajstić information content (AvgIpc) is 3.25. The van der Waals surface area contributed by atoms with E-state index < -0.39 is 9.84 Å². The van der Waals surface area contributed by atoms with Gasteiger partial charge in [-0.1, -0.05) is 17.3 Å². The minimum absolute atomic E-state index is 0.0530. The number of amides is 1. The van der Waals surface area contributed by atoms with Crippen molar-refractivity contribution >= 4 is 15.7 Å². The van der Waals surface area contributed by atoms with Crippen LogP contribution in [0.1, 0.15) is 48.4 Å². The molecule has 0 radical (unpaired) electrons. The summed E-state index contributed by atoms with van der Waals surface area (Å²) in [5, 5.41) is 4.00. The average molecular weight is 375 g/mol. The Morgan fingerprint density at radius 3 is 2.54 bits per heavy atom. The molecule has 1 aliphatic heterocycles. The maximum absolute atomic E-state index is 12.8. The smallest absolute Gasteiger partial charge is 0.254 e. The Morgan fingerprint density at radius 1 is 1.23 bits per heavy atom. The molecule has 2 heterocycles. The molecule has 7 nitrogen and oxygen atoms in total. The van der Waals surface area contributed by atoms with E-state index in [1.165, 1.54) is 0 Å². The summed E-state index contributed by atoms with van der Waals surface area (Å²) in [6, 6.07) is 6.83. The number of nitrogens with zero attached hydrogens (tertiary/aromatic N) is 3. The molecule has 1 aliphatic carbocycles. The van der Waals surface area contributed by atoms with Crippen LogP contribution >= 0.6 is 0 Å². The Morgan fingerprint density at radius 2 is 1.96 bits per heavy atom. The van der Waals surface area contributed by atoms with Crippen LogP contribution in [0.15, 0.2) is 28.8 Å². The van der Waals surface area contributed by atoms with Gasteiger partial charge in [-0.3, -0.25) is 4.79 Å². The Labute approximate surface area is 152 Å². The van der Waals surface area contributed by atoms with Crippen molar-refractivity contribution in [3.05, 3.63) is 35.7 Å². The van der Waals surface area contributed by atoms with Crippen LogP contribution in [0.25, 0.3) is 11.4 Å². The Hall–Kier alpha value is -2.22. The fourth-order valence-electron chi connectivity index (χ4n) is 3.37. The van der Waals surface area contributed by atoms with Gasteiger partial charge >= 0.3 is 0 Å². The van der Waals surface area contributed by atoms with Crippen LogP contribution in [-0.4, -0.2) is 53.5 Å². The Balaban J connectivity index is 1.50. The van der Waals surface area contributed by atoms with Gasteiger partial charge < -0.3 is 9.42 Å². The third-order valence-corrected chi connectivity index (χ3v) is 6.76. The van der Waals surface area contributed by atoms with Gasteiger partial charge in [-0.05, 0) is 38.3 Å². The molecule has 138 valence electrons. The normalized spacial score (nSPS) is 21.7. The lowest BCUT2D eigenvalue weighted by atomic mass is 10.1. The van der Waals surface area contributed by atoms with Gasteiger partial charge in [-0.2, -0.15) is 4.98 Å². The minimum atomic E-state index is -3.03. The molecule has 0 bridgehead atoms. The molecule has 1 unspecified atom stereocenters. The van der Waals surface area contributed by atoms with E-state index in [1.54, 1.807) is 29.2 Å². The maximum Gasteiger partial charge on any atom is 0.254 e. The number of hydrogen-bond donors (Lipinski definition) is 0. The molecule has 2 aromatic rings. The molecular formula is C18H21N3O4S. The molecule has 1 aromatic carbocycles. The van der Waals surface area contributed by atoms with Crippen molar-refractivity contribution in [1.29, 1.82) is 0 Å². The van der Waals surface area contributed by atoms with Crippen molar-refractivity contribution < 1.29 is 17.7 Å². The van der Waals surface area contributed by atoms with Gasteiger partial charge in [0.1, 0.15) is 0 Å². The van der Waals surface area contributed by atoms with E-state index in [-0.39, 0.29) is 23.5 Å². The standard InChI is InChI=1S/C18H21N3O4S/c1-2-21(15-9-10-26(23,24)11-15)18(22)14-7-3-12(4-8-14)16-19-17(25-20-16)13-5-6-13/h3-4,7-8,13,15H,2,5-6,9-11H2,1H3.